The van der Waals surface area contributed by atoms with Crippen molar-refractivity contribution >= 4 is 5.97 Å². The van der Waals surface area contributed by atoms with E-state index in [9.17, 15) is 4.79 Å². The maximum absolute atomic E-state index is 10.5. The summed E-state index contributed by atoms with van der Waals surface area (Å²) in [5, 5.41) is 0. The molecule has 0 spiro atoms. The molecule has 12 heavy (non-hydrogen) atoms. The van der Waals surface area contributed by atoms with E-state index in [1.54, 1.807) is 7.11 Å². The van der Waals surface area contributed by atoms with E-state index in [4.69, 9.17) is 14.2 Å². The van der Waals surface area contributed by atoms with Gasteiger partial charge in [-0.3, -0.25) is 4.79 Å². The average Bonchev–Trinajstić information content (AvgIpc) is 2.50. The molecule has 0 amide bonds. The van der Waals surface area contributed by atoms with Crippen molar-refractivity contribution in [2.75, 3.05) is 20.3 Å². The maximum Gasteiger partial charge on any atom is 0.302 e. The van der Waals surface area contributed by atoms with E-state index in [0.717, 1.165) is 12.8 Å². The standard InChI is InChI=1S/C8H14O4/c1-7(9)11-6-8(10-2)4-3-5-12-8/h3-6H2,1-2H3. The van der Waals surface area contributed by atoms with E-state index in [0.29, 0.717) is 6.61 Å². The molecule has 1 heterocycles. The van der Waals surface area contributed by atoms with Crippen LogP contribution >= 0.6 is 0 Å². The van der Waals surface area contributed by atoms with Gasteiger partial charge < -0.3 is 14.2 Å². The monoisotopic (exact) mass is 174 g/mol. The first-order chi connectivity index (χ1) is 5.68. The SMILES string of the molecule is COC1(COC(C)=O)CCCO1. The summed E-state index contributed by atoms with van der Waals surface area (Å²) in [4.78, 5) is 10.5. The lowest BCUT2D eigenvalue weighted by atomic mass is 10.2. The zero-order valence-corrected chi connectivity index (χ0v) is 7.46. The number of rotatable bonds is 3. The number of hydrogen-bond acceptors (Lipinski definition) is 4. The Labute approximate surface area is 71.8 Å². The lowest BCUT2D eigenvalue weighted by Crippen LogP contribution is -2.36. The van der Waals surface area contributed by atoms with E-state index in [-0.39, 0.29) is 12.6 Å². The molecule has 1 fully saturated rings. The van der Waals surface area contributed by atoms with Gasteiger partial charge in [0.25, 0.3) is 0 Å². The van der Waals surface area contributed by atoms with Crippen molar-refractivity contribution in [1.82, 2.24) is 0 Å². The first kappa shape index (κ1) is 9.48. The number of carbonyl (C=O) groups excluding carboxylic acids is 1. The van der Waals surface area contributed by atoms with Gasteiger partial charge in [0.05, 0.1) is 6.61 Å². The molecule has 0 bridgehead atoms. The first-order valence-electron chi connectivity index (χ1n) is 4.01. The molecule has 70 valence electrons. The summed E-state index contributed by atoms with van der Waals surface area (Å²) in [7, 11) is 1.56. The summed E-state index contributed by atoms with van der Waals surface area (Å²) >= 11 is 0. The number of carbonyl (C=O) groups is 1. The normalized spacial score (nSPS) is 28.8. The van der Waals surface area contributed by atoms with Crippen molar-refractivity contribution in [3.63, 3.8) is 0 Å². The quantitative estimate of drug-likeness (QED) is 0.591. The van der Waals surface area contributed by atoms with Gasteiger partial charge in [-0.15, -0.1) is 0 Å². The summed E-state index contributed by atoms with van der Waals surface area (Å²) in [6.07, 6.45) is 1.74. The smallest absolute Gasteiger partial charge is 0.302 e. The van der Waals surface area contributed by atoms with Crippen molar-refractivity contribution in [3.05, 3.63) is 0 Å². The Kier molecular flexibility index (Phi) is 3.05. The van der Waals surface area contributed by atoms with Gasteiger partial charge in [-0.1, -0.05) is 0 Å². The van der Waals surface area contributed by atoms with Crippen LogP contribution in [0, 0.1) is 0 Å². The third-order valence-corrected chi connectivity index (χ3v) is 1.93. The zero-order valence-electron chi connectivity index (χ0n) is 7.46. The van der Waals surface area contributed by atoms with Crippen molar-refractivity contribution in [1.29, 1.82) is 0 Å². The van der Waals surface area contributed by atoms with E-state index < -0.39 is 5.79 Å². The lowest BCUT2D eigenvalue weighted by Gasteiger charge is -2.25. The van der Waals surface area contributed by atoms with Crippen LogP contribution in [0.15, 0.2) is 0 Å². The maximum atomic E-state index is 10.5. The van der Waals surface area contributed by atoms with Crippen LogP contribution in [-0.2, 0) is 19.0 Å². The predicted octanol–water partition coefficient (Wildman–Crippen LogP) is 0.703. The van der Waals surface area contributed by atoms with Crippen LogP contribution in [0.1, 0.15) is 19.8 Å². The molecule has 1 aliphatic rings. The molecule has 1 rings (SSSR count). The molecular weight excluding hydrogens is 160 g/mol. The van der Waals surface area contributed by atoms with E-state index in [2.05, 4.69) is 0 Å². The fourth-order valence-corrected chi connectivity index (χ4v) is 1.22. The molecule has 1 saturated heterocycles. The molecule has 0 N–H and O–H groups in total. The van der Waals surface area contributed by atoms with Gasteiger partial charge in [-0.2, -0.15) is 0 Å². The Bertz CT molecular complexity index is 160. The lowest BCUT2D eigenvalue weighted by molar-refractivity contribution is -0.222. The largest absolute Gasteiger partial charge is 0.460 e. The highest BCUT2D eigenvalue weighted by Crippen LogP contribution is 2.26. The third-order valence-electron chi connectivity index (χ3n) is 1.93. The van der Waals surface area contributed by atoms with Gasteiger partial charge in [-0.25, -0.2) is 0 Å². The first-order valence-corrected chi connectivity index (χ1v) is 4.01. The fourth-order valence-electron chi connectivity index (χ4n) is 1.22. The Morgan fingerprint density at radius 2 is 2.42 bits per heavy atom. The Morgan fingerprint density at radius 3 is 2.83 bits per heavy atom. The highest BCUT2D eigenvalue weighted by atomic mass is 16.7. The average molecular weight is 174 g/mol. The topological polar surface area (TPSA) is 44.8 Å². The van der Waals surface area contributed by atoms with Gasteiger partial charge in [0.1, 0.15) is 6.61 Å². The van der Waals surface area contributed by atoms with Crippen LogP contribution in [0.5, 0.6) is 0 Å². The molecule has 1 aliphatic heterocycles. The van der Waals surface area contributed by atoms with Gasteiger partial charge >= 0.3 is 5.97 Å². The van der Waals surface area contributed by atoms with Crippen LogP contribution in [0.25, 0.3) is 0 Å². The molecule has 1 atom stereocenters. The fraction of sp³-hybridized carbons (Fsp3) is 0.875. The van der Waals surface area contributed by atoms with Gasteiger partial charge in [0, 0.05) is 20.5 Å². The predicted molar refractivity (Wildman–Crippen MR) is 41.6 cm³/mol. The molecule has 4 nitrogen and oxygen atoms in total. The molecular formula is C8H14O4. The van der Waals surface area contributed by atoms with Gasteiger partial charge in [0.15, 0.2) is 0 Å². The number of methoxy groups -OCH3 is 1. The molecule has 0 aromatic heterocycles. The second-order valence-electron chi connectivity index (χ2n) is 2.85. The van der Waals surface area contributed by atoms with Crippen LogP contribution < -0.4 is 0 Å². The van der Waals surface area contributed by atoms with Gasteiger partial charge in [-0.05, 0) is 6.42 Å². The molecule has 4 heteroatoms. The highest BCUT2D eigenvalue weighted by molar-refractivity contribution is 5.65. The van der Waals surface area contributed by atoms with E-state index in [1.165, 1.54) is 6.92 Å². The minimum Gasteiger partial charge on any atom is -0.460 e. The van der Waals surface area contributed by atoms with Crippen molar-refractivity contribution in [2.24, 2.45) is 0 Å². The number of esters is 1. The highest BCUT2D eigenvalue weighted by Gasteiger charge is 2.36. The van der Waals surface area contributed by atoms with Crippen LogP contribution in [0.2, 0.25) is 0 Å². The van der Waals surface area contributed by atoms with Crippen LogP contribution in [0.3, 0.4) is 0 Å². The van der Waals surface area contributed by atoms with Crippen molar-refractivity contribution in [3.8, 4) is 0 Å². The van der Waals surface area contributed by atoms with Crippen LogP contribution in [0.4, 0.5) is 0 Å². The Hall–Kier alpha value is -0.610. The zero-order chi connectivity index (χ0) is 9.03. The number of ether oxygens (including phenoxy) is 3. The molecule has 0 saturated carbocycles. The van der Waals surface area contributed by atoms with E-state index >= 15 is 0 Å². The Morgan fingerprint density at radius 1 is 1.67 bits per heavy atom. The summed E-state index contributed by atoms with van der Waals surface area (Å²) in [6.45, 7) is 2.24. The Balaban J connectivity index is 2.39. The summed E-state index contributed by atoms with van der Waals surface area (Å²) < 4.78 is 15.3. The molecule has 0 radical (unpaired) electrons. The van der Waals surface area contributed by atoms with Crippen molar-refractivity contribution in [2.45, 2.75) is 25.6 Å². The molecule has 1 unspecified atom stereocenters. The minimum absolute atomic E-state index is 0.193. The van der Waals surface area contributed by atoms with Crippen LogP contribution in [-0.4, -0.2) is 32.1 Å². The molecule has 0 aromatic rings. The second kappa shape index (κ2) is 3.87. The van der Waals surface area contributed by atoms with Crippen molar-refractivity contribution < 1.29 is 19.0 Å². The third kappa shape index (κ3) is 2.19. The van der Waals surface area contributed by atoms with Gasteiger partial charge in [0.2, 0.25) is 5.79 Å². The second-order valence-corrected chi connectivity index (χ2v) is 2.85. The molecule has 0 aliphatic carbocycles. The summed E-state index contributed by atoms with van der Waals surface area (Å²) in [6, 6.07) is 0. The summed E-state index contributed by atoms with van der Waals surface area (Å²) in [5.74, 6) is -0.979. The van der Waals surface area contributed by atoms with E-state index in [1.807, 2.05) is 0 Å². The molecule has 0 aromatic carbocycles. The summed E-state index contributed by atoms with van der Waals surface area (Å²) in [5.41, 5.74) is 0. The minimum atomic E-state index is -0.675. The number of hydrogen-bond donors (Lipinski definition) is 0.